The van der Waals surface area contributed by atoms with Crippen molar-refractivity contribution in [1.82, 2.24) is 10.2 Å². The Morgan fingerprint density at radius 3 is 2.83 bits per heavy atom. The molecule has 0 spiro atoms. The van der Waals surface area contributed by atoms with Crippen molar-refractivity contribution >= 4 is 23.6 Å². The van der Waals surface area contributed by atoms with Crippen molar-refractivity contribution in [3.63, 3.8) is 0 Å². The minimum Gasteiger partial charge on any atom is -0.354 e. The molecular weight excluding hydrogens is 315 g/mol. The summed E-state index contributed by atoms with van der Waals surface area (Å²) in [6, 6.07) is 5.72. The third-order valence-electron chi connectivity index (χ3n) is 3.88. The largest absolute Gasteiger partial charge is 0.354 e. The monoisotopic (exact) mass is 338 g/mol. The van der Waals surface area contributed by atoms with Crippen molar-refractivity contribution in [3.05, 3.63) is 35.6 Å². The number of hydrogen-bond acceptors (Lipinski definition) is 3. The quantitative estimate of drug-likeness (QED) is 0.811. The van der Waals surface area contributed by atoms with E-state index in [-0.39, 0.29) is 23.0 Å². The number of hydrogen-bond donors (Lipinski definition) is 1. The Balaban J connectivity index is 2.07. The number of nitrogens with one attached hydrogen (secondary N) is 1. The fourth-order valence-corrected chi connectivity index (χ4v) is 4.19. The van der Waals surface area contributed by atoms with Gasteiger partial charge in [-0.05, 0) is 24.1 Å². The van der Waals surface area contributed by atoms with Gasteiger partial charge < -0.3 is 10.2 Å². The molecule has 1 fully saturated rings. The van der Waals surface area contributed by atoms with Gasteiger partial charge in [-0.15, -0.1) is 11.8 Å². The fraction of sp³-hybridized carbons (Fsp3) is 0.529. The van der Waals surface area contributed by atoms with Gasteiger partial charge in [-0.1, -0.05) is 31.9 Å². The van der Waals surface area contributed by atoms with Crippen LogP contribution in [0.15, 0.2) is 24.3 Å². The Bertz CT molecular complexity index is 567. The molecule has 1 aromatic rings. The summed E-state index contributed by atoms with van der Waals surface area (Å²) in [5.74, 6) is -0.0971. The summed E-state index contributed by atoms with van der Waals surface area (Å²) >= 11 is 1.50. The zero-order valence-corrected chi connectivity index (χ0v) is 14.4. The lowest BCUT2D eigenvalue weighted by molar-refractivity contribution is -0.138. The van der Waals surface area contributed by atoms with E-state index in [4.69, 9.17) is 0 Å². The molecule has 1 saturated heterocycles. The van der Waals surface area contributed by atoms with Gasteiger partial charge in [0.05, 0.1) is 0 Å². The Morgan fingerprint density at radius 2 is 2.17 bits per heavy atom. The van der Waals surface area contributed by atoms with Crippen LogP contribution in [0.4, 0.5) is 4.39 Å². The summed E-state index contributed by atoms with van der Waals surface area (Å²) in [5, 5.41) is 2.60. The summed E-state index contributed by atoms with van der Waals surface area (Å²) in [6.45, 7) is 4.19. The number of amides is 2. The number of carbonyl (C=O) groups excluding carboxylic acids is 2. The molecule has 0 bridgehead atoms. The van der Waals surface area contributed by atoms with Gasteiger partial charge in [0.1, 0.15) is 17.2 Å². The number of carbonyl (C=O) groups is 2. The highest BCUT2D eigenvalue weighted by Gasteiger charge is 2.40. The molecule has 0 aromatic heterocycles. The van der Waals surface area contributed by atoms with Gasteiger partial charge in [0, 0.05) is 19.2 Å². The van der Waals surface area contributed by atoms with Crippen LogP contribution in [0, 0.1) is 5.82 Å². The molecule has 1 aliphatic rings. The van der Waals surface area contributed by atoms with Gasteiger partial charge in [-0.25, -0.2) is 4.39 Å². The van der Waals surface area contributed by atoms with Gasteiger partial charge in [-0.2, -0.15) is 0 Å². The number of nitrogens with zero attached hydrogens (tertiary/aromatic N) is 1. The molecule has 0 saturated carbocycles. The number of benzene rings is 1. The summed E-state index contributed by atoms with van der Waals surface area (Å²) < 4.78 is 13.5. The van der Waals surface area contributed by atoms with Gasteiger partial charge in [0.2, 0.25) is 11.8 Å². The van der Waals surface area contributed by atoms with Crippen molar-refractivity contribution in [1.29, 1.82) is 0 Å². The molecule has 6 heteroatoms. The molecule has 23 heavy (non-hydrogen) atoms. The number of halogens is 1. The van der Waals surface area contributed by atoms with Crippen LogP contribution in [-0.4, -0.2) is 35.1 Å². The predicted molar refractivity (Wildman–Crippen MR) is 90.4 cm³/mol. The van der Waals surface area contributed by atoms with Crippen LogP contribution < -0.4 is 5.32 Å². The molecule has 1 heterocycles. The standard InChI is InChI=1S/C17H23FN2O2S/c1-3-4-5-9-19-16(22)15-11-23-17(20(15)12(2)21)13-7-6-8-14(18)10-13/h6-8,10,15,17H,3-5,9,11H2,1-2H3,(H,19,22)/t15-,17+/m0/s1. The van der Waals surface area contributed by atoms with E-state index in [2.05, 4.69) is 12.2 Å². The van der Waals surface area contributed by atoms with Gasteiger partial charge >= 0.3 is 0 Å². The van der Waals surface area contributed by atoms with Crippen molar-refractivity contribution in [2.45, 2.75) is 44.5 Å². The first-order valence-corrected chi connectivity index (χ1v) is 9.03. The predicted octanol–water partition coefficient (Wildman–Crippen LogP) is 3.09. The summed E-state index contributed by atoms with van der Waals surface area (Å²) in [7, 11) is 0. The fourth-order valence-electron chi connectivity index (χ4n) is 2.71. The molecule has 0 radical (unpaired) electrons. The SMILES string of the molecule is CCCCCNC(=O)[C@@H]1CS[C@H](c2cccc(F)c2)N1C(C)=O. The van der Waals surface area contributed by atoms with Crippen LogP contribution in [0.5, 0.6) is 0 Å². The van der Waals surface area contributed by atoms with E-state index in [0.29, 0.717) is 17.9 Å². The molecular formula is C17H23FN2O2S. The van der Waals surface area contributed by atoms with Gasteiger partial charge in [-0.3, -0.25) is 9.59 Å². The topological polar surface area (TPSA) is 49.4 Å². The summed E-state index contributed by atoms with van der Waals surface area (Å²) in [6.07, 6.45) is 3.11. The summed E-state index contributed by atoms with van der Waals surface area (Å²) in [4.78, 5) is 26.0. The molecule has 2 atom stereocenters. The van der Waals surface area contributed by atoms with E-state index < -0.39 is 6.04 Å². The molecule has 2 rings (SSSR count). The van der Waals surface area contributed by atoms with E-state index >= 15 is 0 Å². The van der Waals surface area contributed by atoms with Crippen molar-refractivity contribution in [2.75, 3.05) is 12.3 Å². The van der Waals surface area contributed by atoms with Crippen molar-refractivity contribution in [3.8, 4) is 0 Å². The highest BCUT2D eigenvalue weighted by atomic mass is 32.2. The summed E-state index contributed by atoms with van der Waals surface area (Å²) in [5.41, 5.74) is 0.714. The van der Waals surface area contributed by atoms with Crippen LogP contribution in [0.2, 0.25) is 0 Å². The maximum Gasteiger partial charge on any atom is 0.243 e. The van der Waals surface area contributed by atoms with Crippen LogP contribution in [0.1, 0.15) is 44.0 Å². The van der Waals surface area contributed by atoms with Crippen molar-refractivity contribution < 1.29 is 14.0 Å². The molecule has 126 valence electrons. The number of rotatable bonds is 6. The third-order valence-corrected chi connectivity index (χ3v) is 5.20. The lowest BCUT2D eigenvalue weighted by Gasteiger charge is -2.28. The maximum absolute atomic E-state index is 13.5. The zero-order valence-electron chi connectivity index (χ0n) is 13.5. The minimum atomic E-state index is -0.493. The maximum atomic E-state index is 13.5. The van der Waals surface area contributed by atoms with E-state index in [0.717, 1.165) is 19.3 Å². The molecule has 4 nitrogen and oxygen atoms in total. The first-order chi connectivity index (χ1) is 11.0. The normalized spacial score (nSPS) is 20.6. The number of unbranched alkanes of at least 4 members (excludes halogenated alkanes) is 2. The Morgan fingerprint density at radius 1 is 1.39 bits per heavy atom. The molecule has 0 unspecified atom stereocenters. The highest BCUT2D eigenvalue weighted by molar-refractivity contribution is 7.99. The van der Waals surface area contributed by atoms with Gasteiger partial charge in [0.25, 0.3) is 0 Å². The smallest absolute Gasteiger partial charge is 0.243 e. The molecule has 0 aliphatic carbocycles. The van der Waals surface area contributed by atoms with Crippen LogP contribution >= 0.6 is 11.8 Å². The van der Waals surface area contributed by atoms with E-state index in [9.17, 15) is 14.0 Å². The van der Waals surface area contributed by atoms with E-state index in [1.54, 1.807) is 17.0 Å². The van der Waals surface area contributed by atoms with Gasteiger partial charge in [0.15, 0.2) is 0 Å². The first kappa shape index (κ1) is 17.8. The Hall–Kier alpha value is -1.56. The second-order valence-electron chi connectivity index (χ2n) is 5.68. The Labute approximate surface area is 140 Å². The zero-order chi connectivity index (χ0) is 16.8. The average Bonchev–Trinajstić information content (AvgIpc) is 2.96. The lowest BCUT2D eigenvalue weighted by atomic mass is 10.1. The molecule has 1 aliphatic heterocycles. The van der Waals surface area contributed by atoms with E-state index in [1.165, 1.54) is 30.8 Å². The second-order valence-corrected chi connectivity index (χ2v) is 6.79. The molecule has 2 amide bonds. The van der Waals surface area contributed by atoms with Crippen molar-refractivity contribution in [2.24, 2.45) is 0 Å². The minimum absolute atomic E-state index is 0.122. The van der Waals surface area contributed by atoms with Crippen LogP contribution in [0.3, 0.4) is 0 Å². The first-order valence-electron chi connectivity index (χ1n) is 7.98. The molecule has 1 N–H and O–H groups in total. The van der Waals surface area contributed by atoms with Crippen LogP contribution in [0.25, 0.3) is 0 Å². The number of thioether (sulfide) groups is 1. The third kappa shape index (κ3) is 4.47. The Kier molecular flexibility index (Phi) is 6.45. The second kappa shape index (κ2) is 8.34. The average molecular weight is 338 g/mol. The van der Waals surface area contributed by atoms with Crippen LogP contribution in [-0.2, 0) is 9.59 Å². The highest BCUT2D eigenvalue weighted by Crippen LogP contribution is 2.41. The molecule has 1 aromatic carbocycles. The lowest BCUT2D eigenvalue weighted by Crippen LogP contribution is -2.47. The van der Waals surface area contributed by atoms with E-state index in [1.807, 2.05) is 0 Å².